The molecule has 1 aromatic carbocycles. The Hall–Kier alpha value is -0.970. The molecule has 1 heterocycles. The van der Waals surface area contributed by atoms with Crippen molar-refractivity contribution in [1.29, 1.82) is 0 Å². The molecular weight excluding hydrogens is 288 g/mol. The van der Waals surface area contributed by atoms with Crippen molar-refractivity contribution in [3.05, 3.63) is 56.7 Å². The normalized spacial score (nSPS) is 12.6. The monoisotopic (exact) mass is 301 g/mol. The van der Waals surface area contributed by atoms with Crippen LogP contribution in [-0.2, 0) is 0 Å². The number of nitrogens with one attached hydrogen (secondary N) is 1. The van der Waals surface area contributed by atoms with Crippen LogP contribution in [0.4, 0.5) is 8.78 Å². The second kappa shape index (κ2) is 6.46. The highest BCUT2D eigenvalue weighted by molar-refractivity contribution is 7.08. The average molecular weight is 302 g/mol. The molecule has 0 aliphatic rings. The molecule has 0 radical (unpaired) electrons. The maximum absolute atomic E-state index is 14.0. The smallest absolute Gasteiger partial charge is 0.142 e. The minimum atomic E-state index is -0.600. The van der Waals surface area contributed by atoms with Crippen LogP contribution in [0.1, 0.15) is 30.5 Å². The molecule has 0 bridgehead atoms. The molecule has 102 valence electrons. The molecule has 0 amide bonds. The Morgan fingerprint density at radius 3 is 2.74 bits per heavy atom. The molecule has 0 aliphatic carbocycles. The molecule has 1 aromatic heterocycles. The summed E-state index contributed by atoms with van der Waals surface area (Å²) in [7, 11) is 0. The lowest BCUT2D eigenvalue weighted by atomic mass is 10.0. The first kappa shape index (κ1) is 14.4. The van der Waals surface area contributed by atoms with Crippen molar-refractivity contribution in [3.63, 3.8) is 0 Å². The molecule has 0 spiro atoms. The highest BCUT2D eigenvalue weighted by Crippen LogP contribution is 2.29. The maximum atomic E-state index is 14.0. The number of hydrogen-bond donors (Lipinski definition) is 1. The molecule has 0 fully saturated rings. The molecule has 0 aliphatic heterocycles. The SMILES string of the molecule is CCCNC(c1ccsc1)c1cc(F)c(Cl)cc1F. The minimum absolute atomic E-state index is 0.194. The van der Waals surface area contributed by atoms with E-state index >= 15 is 0 Å². The van der Waals surface area contributed by atoms with Crippen LogP contribution in [0, 0.1) is 11.6 Å². The van der Waals surface area contributed by atoms with Gasteiger partial charge in [0.15, 0.2) is 0 Å². The number of hydrogen-bond acceptors (Lipinski definition) is 2. The Balaban J connectivity index is 2.40. The molecule has 1 unspecified atom stereocenters. The largest absolute Gasteiger partial charge is 0.306 e. The van der Waals surface area contributed by atoms with E-state index in [-0.39, 0.29) is 16.6 Å². The van der Waals surface area contributed by atoms with E-state index in [1.54, 1.807) is 0 Å². The first-order valence-corrected chi connectivity index (χ1v) is 7.35. The van der Waals surface area contributed by atoms with Crippen molar-refractivity contribution in [1.82, 2.24) is 5.32 Å². The maximum Gasteiger partial charge on any atom is 0.142 e. The summed E-state index contributed by atoms with van der Waals surface area (Å²) in [4.78, 5) is 0. The standard InChI is InChI=1S/C14H14ClF2NS/c1-2-4-18-14(9-3-5-19-8-9)10-6-13(17)11(15)7-12(10)16/h3,5-8,14,18H,2,4H2,1H3. The third kappa shape index (κ3) is 3.32. The molecule has 1 atom stereocenters. The van der Waals surface area contributed by atoms with Crippen molar-refractivity contribution in [2.45, 2.75) is 19.4 Å². The molecule has 0 saturated heterocycles. The Kier molecular flexibility index (Phi) is 4.91. The lowest BCUT2D eigenvalue weighted by molar-refractivity contribution is 0.536. The van der Waals surface area contributed by atoms with Crippen LogP contribution in [0.5, 0.6) is 0 Å². The van der Waals surface area contributed by atoms with Gasteiger partial charge >= 0.3 is 0 Å². The average Bonchev–Trinajstić information content (AvgIpc) is 2.89. The molecule has 2 rings (SSSR count). The summed E-state index contributed by atoms with van der Waals surface area (Å²) in [5.41, 5.74) is 1.22. The van der Waals surface area contributed by atoms with E-state index in [0.717, 1.165) is 24.6 Å². The van der Waals surface area contributed by atoms with Gasteiger partial charge in [0.1, 0.15) is 11.6 Å². The number of halogens is 3. The Morgan fingerprint density at radius 1 is 1.32 bits per heavy atom. The van der Waals surface area contributed by atoms with Gasteiger partial charge in [0, 0.05) is 5.56 Å². The van der Waals surface area contributed by atoms with E-state index in [9.17, 15) is 8.78 Å². The lowest BCUT2D eigenvalue weighted by Gasteiger charge is -2.19. The number of thiophene rings is 1. The molecule has 0 saturated carbocycles. The van der Waals surface area contributed by atoms with Gasteiger partial charge in [-0.2, -0.15) is 11.3 Å². The molecule has 19 heavy (non-hydrogen) atoms. The highest BCUT2D eigenvalue weighted by Gasteiger charge is 2.19. The van der Waals surface area contributed by atoms with Gasteiger partial charge in [-0.25, -0.2) is 8.78 Å². The van der Waals surface area contributed by atoms with Crippen LogP contribution in [-0.4, -0.2) is 6.54 Å². The second-order valence-electron chi connectivity index (χ2n) is 4.23. The number of benzene rings is 1. The van der Waals surface area contributed by atoms with Gasteiger partial charge in [0.2, 0.25) is 0 Å². The Morgan fingerprint density at radius 2 is 2.11 bits per heavy atom. The zero-order chi connectivity index (χ0) is 13.8. The van der Waals surface area contributed by atoms with Crippen molar-refractivity contribution < 1.29 is 8.78 Å². The van der Waals surface area contributed by atoms with Gasteiger partial charge in [0.25, 0.3) is 0 Å². The first-order chi connectivity index (χ1) is 9.13. The van der Waals surface area contributed by atoms with Crippen LogP contribution >= 0.6 is 22.9 Å². The van der Waals surface area contributed by atoms with E-state index < -0.39 is 11.6 Å². The van der Waals surface area contributed by atoms with Crippen molar-refractivity contribution >= 4 is 22.9 Å². The number of rotatable bonds is 5. The second-order valence-corrected chi connectivity index (χ2v) is 5.42. The zero-order valence-electron chi connectivity index (χ0n) is 10.4. The molecule has 2 aromatic rings. The summed E-state index contributed by atoms with van der Waals surface area (Å²) in [6.45, 7) is 2.75. The van der Waals surface area contributed by atoms with Crippen LogP contribution in [0.2, 0.25) is 5.02 Å². The fraction of sp³-hybridized carbons (Fsp3) is 0.286. The Labute approximate surface area is 120 Å². The van der Waals surface area contributed by atoms with Gasteiger partial charge in [0.05, 0.1) is 11.1 Å². The highest BCUT2D eigenvalue weighted by atomic mass is 35.5. The molecule has 5 heteroatoms. The predicted molar refractivity (Wildman–Crippen MR) is 75.8 cm³/mol. The van der Waals surface area contributed by atoms with Gasteiger partial charge in [-0.15, -0.1) is 0 Å². The topological polar surface area (TPSA) is 12.0 Å². The van der Waals surface area contributed by atoms with Crippen molar-refractivity contribution in [2.24, 2.45) is 0 Å². The van der Waals surface area contributed by atoms with Gasteiger partial charge in [-0.1, -0.05) is 18.5 Å². The third-order valence-corrected chi connectivity index (χ3v) is 3.82. The van der Waals surface area contributed by atoms with Crippen molar-refractivity contribution in [3.8, 4) is 0 Å². The fourth-order valence-electron chi connectivity index (χ4n) is 1.89. The summed E-state index contributed by atoms with van der Waals surface area (Å²) in [5.74, 6) is -1.09. The first-order valence-electron chi connectivity index (χ1n) is 6.03. The van der Waals surface area contributed by atoms with Crippen LogP contribution in [0.3, 0.4) is 0 Å². The minimum Gasteiger partial charge on any atom is -0.306 e. The van der Waals surface area contributed by atoms with Crippen molar-refractivity contribution in [2.75, 3.05) is 6.54 Å². The van der Waals surface area contributed by atoms with E-state index in [1.807, 2.05) is 23.8 Å². The van der Waals surface area contributed by atoms with E-state index in [1.165, 1.54) is 17.4 Å². The van der Waals surface area contributed by atoms with Gasteiger partial charge in [-0.05, 0) is 47.5 Å². The zero-order valence-corrected chi connectivity index (χ0v) is 12.0. The molecular formula is C14H14ClF2NS. The third-order valence-electron chi connectivity index (χ3n) is 2.83. The van der Waals surface area contributed by atoms with Gasteiger partial charge < -0.3 is 5.32 Å². The van der Waals surface area contributed by atoms with E-state index in [2.05, 4.69) is 5.32 Å². The molecule has 1 N–H and O–H groups in total. The van der Waals surface area contributed by atoms with Crippen LogP contribution in [0.15, 0.2) is 29.0 Å². The summed E-state index contributed by atoms with van der Waals surface area (Å²) in [5, 5.41) is 6.89. The van der Waals surface area contributed by atoms with E-state index in [4.69, 9.17) is 11.6 Å². The van der Waals surface area contributed by atoms with Crippen LogP contribution < -0.4 is 5.32 Å². The van der Waals surface area contributed by atoms with E-state index in [0.29, 0.717) is 0 Å². The van der Waals surface area contributed by atoms with Crippen LogP contribution in [0.25, 0.3) is 0 Å². The summed E-state index contributed by atoms with van der Waals surface area (Å²) < 4.78 is 27.6. The predicted octanol–water partition coefficient (Wildman–Crippen LogP) is 4.77. The lowest BCUT2D eigenvalue weighted by Crippen LogP contribution is -2.24. The summed E-state index contributed by atoms with van der Waals surface area (Å²) in [6, 6.07) is 3.75. The summed E-state index contributed by atoms with van der Waals surface area (Å²) in [6.07, 6.45) is 0.915. The molecule has 1 nitrogen and oxygen atoms in total. The Bertz CT molecular complexity index is 543. The van der Waals surface area contributed by atoms with Gasteiger partial charge in [-0.3, -0.25) is 0 Å². The quantitative estimate of drug-likeness (QED) is 0.785. The fourth-order valence-corrected chi connectivity index (χ4v) is 2.73. The summed E-state index contributed by atoms with van der Waals surface area (Å²) >= 11 is 7.11.